The van der Waals surface area contributed by atoms with E-state index in [-0.39, 0.29) is 11.1 Å². The molecule has 0 aromatic heterocycles. The molecule has 0 spiro atoms. The van der Waals surface area contributed by atoms with Crippen molar-refractivity contribution in [2.75, 3.05) is 14.2 Å². The number of halogens is 1. The molecule has 0 amide bonds. The Bertz CT molecular complexity index is 373. The van der Waals surface area contributed by atoms with Crippen LogP contribution in [0.4, 0.5) is 0 Å². The van der Waals surface area contributed by atoms with E-state index < -0.39 is 0 Å². The third kappa shape index (κ3) is 2.95. The third-order valence-corrected chi connectivity index (χ3v) is 2.00. The van der Waals surface area contributed by atoms with Crippen molar-refractivity contribution in [2.45, 2.75) is 0 Å². The molecule has 0 atom stereocenters. The predicted molar refractivity (Wildman–Crippen MR) is 57.2 cm³/mol. The maximum absolute atomic E-state index is 11.1. The van der Waals surface area contributed by atoms with Crippen molar-refractivity contribution < 1.29 is 14.4 Å². The summed E-state index contributed by atoms with van der Waals surface area (Å²) in [5.74, 6) is -0.388. The first-order valence-electron chi connectivity index (χ1n) is 4.14. The highest BCUT2D eigenvalue weighted by Crippen LogP contribution is 2.09. The molecule has 0 bridgehead atoms. The Morgan fingerprint density at radius 3 is 2.20 bits per heavy atom. The highest BCUT2D eigenvalue weighted by Gasteiger charge is 2.06. The first-order chi connectivity index (χ1) is 7.19. The Morgan fingerprint density at radius 2 is 1.73 bits per heavy atom. The lowest BCUT2D eigenvalue weighted by Gasteiger charge is -2.00. The molecule has 0 aliphatic carbocycles. The van der Waals surface area contributed by atoms with Gasteiger partial charge in [0.2, 0.25) is 0 Å². The minimum atomic E-state index is -0.388. The van der Waals surface area contributed by atoms with Crippen LogP contribution in [0.5, 0.6) is 0 Å². The lowest BCUT2D eigenvalue weighted by molar-refractivity contribution is 0.0601. The van der Waals surface area contributed by atoms with Gasteiger partial charge in [0.1, 0.15) is 7.11 Å². The van der Waals surface area contributed by atoms with Crippen LogP contribution in [0.3, 0.4) is 0 Å². The summed E-state index contributed by atoms with van der Waals surface area (Å²) in [6, 6.07) is 6.54. The van der Waals surface area contributed by atoms with Gasteiger partial charge in [-0.05, 0) is 12.1 Å². The Balaban J connectivity index is 2.90. The van der Waals surface area contributed by atoms with Crippen molar-refractivity contribution in [1.29, 1.82) is 0 Å². The van der Waals surface area contributed by atoms with E-state index in [0.717, 1.165) is 0 Å². The maximum atomic E-state index is 11.1. The van der Waals surface area contributed by atoms with Gasteiger partial charge in [0.25, 0.3) is 0 Å². The molecule has 0 N–H and O–H groups in total. The number of carbonyl (C=O) groups excluding carboxylic acids is 1. The molecular formula is C10H10ClNO3. The van der Waals surface area contributed by atoms with Crippen molar-refractivity contribution >= 4 is 22.7 Å². The second-order valence-corrected chi connectivity index (χ2v) is 2.99. The van der Waals surface area contributed by atoms with Crippen LogP contribution >= 0.6 is 11.6 Å². The van der Waals surface area contributed by atoms with E-state index in [2.05, 4.69) is 14.7 Å². The zero-order valence-electron chi connectivity index (χ0n) is 8.36. The van der Waals surface area contributed by atoms with Gasteiger partial charge in [-0.25, -0.2) is 4.79 Å². The topological polar surface area (TPSA) is 47.9 Å². The van der Waals surface area contributed by atoms with Gasteiger partial charge in [0, 0.05) is 5.56 Å². The first kappa shape index (κ1) is 11.5. The summed E-state index contributed by atoms with van der Waals surface area (Å²) < 4.78 is 4.56. The Morgan fingerprint density at radius 1 is 1.20 bits per heavy atom. The zero-order chi connectivity index (χ0) is 11.3. The van der Waals surface area contributed by atoms with E-state index >= 15 is 0 Å². The Hall–Kier alpha value is -1.55. The highest BCUT2D eigenvalue weighted by molar-refractivity contribution is 6.69. The fourth-order valence-corrected chi connectivity index (χ4v) is 1.19. The minimum absolute atomic E-state index is 0.230. The highest BCUT2D eigenvalue weighted by atomic mass is 35.5. The van der Waals surface area contributed by atoms with E-state index in [1.165, 1.54) is 14.2 Å². The fourth-order valence-electron chi connectivity index (χ4n) is 0.995. The van der Waals surface area contributed by atoms with Gasteiger partial charge < -0.3 is 9.57 Å². The van der Waals surface area contributed by atoms with E-state index in [4.69, 9.17) is 11.6 Å². The van der Waals surface area contributed by atoms with E-state index in [0.29, 0.717) is 11.1 Å². The zero-order valence-corrected chi connectivity index (χ0v) is 9.12. The van der Waals surface area contributed by atoms with Crippen LogP contribution in [0.15, 0.2) is 29.4 Å². The second kappa shape index (κ2) is 5.36. The molecule has 1 aromatic rings. The molecule has 0 radical (unpaired) electrons. The van der Waals surface area contributed by atoms with Gasteiger partial charge in [-0.2, -0.15) is 0 Å². The second-order valence-electron chi connectivity index (χ2n) is 2.63. The van der Waals surface area contributed by atoms with E-state index in [1.807, 2.05) is 0 Å². The maximum Gasteiger partial charge on any atom is 0.337 e. The Labute approximate surface area is 92.4 Å². The summed E-state index contributed by atoms with van der Waals surface area (Å²) in [5.41, 5.74) is 1.13. The SMILES string of the molecule is CO/N=C(\Cl)c1ccc(C(=O)OC)cc1. The van der Waals surface area contributed by atoms with Gasteiger partial charge in [0.05, 0.1) is 12.7 Å². The normalized spacial score (nSPS) is 11.0. The van der Waals surface area contributed by atoms with E-state index in [9.17, 15) is 4.79 Å². The summed E-state index contributed by atoms with van der Waals surface area (Å²) in [5, 5.41) is 3.79. The van der Waals surface area contributed by atoms with Gasteiger partial charge in [-0.3, -0.25) is 0 Å². The number of esters is 1. The summed E-state index contributed by atoms with van der Waals surface area (Å²) in [7, 11) is 2.74. The van der Waals surface area contributed by atoms with Gasteiger partial charge in [-0.15, -0.1) is 0 Å². The molecule has 4 nitrogen and oxygen atoms in total. The predicted octanol–water partition coefficient (Wildman–Crippen LogP) is 2.02. The molecule has 5 heteroatoms. The lowest BCUT2D eigenvalue weighted by atomic mass is 10.1. The number of carbonyl (C=O) groups is 1. The molecule has 0 saturated heterocycles. The average molecular weight is 228 g/mol. The number of rotatable bonds is 3. The summed E-state index contributed by atoms with van der Waals surface area (Å²) in [4.78, 5) is 15.6. The number of oxime groups is 1. The van der Waals surface area contributed by atoms with Crippen molar-refractivity contribution in [2.24, 2.45) is 5.16 Å². The van der Waals surface area contributed by atoms with Crippen molar-refractivity contribution in [1.82, 2.24) is 0 Å². The number of hydrogen-bond donors (Lipinski definition) is 0. The molecular weight excluding hydrogens is 218 g/mol. The standard InChI is InChI=1S/C10H10ClNO3/c1-14-10(13)8-5-3-7(4-6-8)9(11)12-15-2/h3-6H,1-2H3/b12-9-. The smallest absolute Gasteiger partial charge is 0.337 e. The molecule has 15 heavy (non-hydrogen) atoms. The quantitative estimate of drug-likeness (QED) is 0.451. The molecule has 80 valence electrons. The fraction of sp³-hybridized carbons (Fsp3) is 0.200. The van der Waals surface area contributed by atoms with Crippen LogP contribution < -0.4 is 0 Å². The molecule has 0 unspecified atom stereocenters. The van der Waals surface area contributed by atoms with Gasteiger partial charge >= 0.3 is 5.97 Å². The molecule has 0 heterocycles. The number of methoxy groups -OCH3 is 1. The lowest BCUT2D eigenvalue weighted by Crippen LogP contribution is -2.01. The molecule has 0 aliphatic rings. The number of nitrogens with zero attached hydrogens (tertiary/aromatic N) is 1. The molecule has 0 saturated carbocycles. The molecule has 1 rings (SSSR count). The van der Waals surface area contributed by atoms with Gasteiger partial charge in [0.15, 0.2) is 5.17 Å². The average Bonchev–Trinajstić information content (AvgIpc) is 2.28. The number of benzene rings is 1. The van der Waals surface area contributed by atoms with Crippen molar-refractivity contribution in [3.63, 3.8) is 0 Å². The summed E-state index contributed by atoms with van der Waals surface area (Å²) in [6.45, 7) is 0. The van der Waals surface area contributed by atoms with Crippen molar-refractivity contribution in [3.05, 3.63) is 35.4 Å². The van der Waals surface area contributed by atoms with Crippen LogP contribution in [0, 0.1) is 0 Å². The van der Waals surface area contributed by atoms with E-state index in [1.54, 1.807) is 24.3 Å². The monoisotopic (exact) mass is 227 g/mol. The summed E-state index contributed by atoms with van der Waals surface area (Å²) >= 11 is 5.78. The van der Waals surface area contributed by atoms with Crippen LogP contribution in [0.2, 0.25) is 0 Å². The van der Waals surface area contributed by atoms with Crippen LogP contribution in [-0.2, 0) is 9.57 Å². The summed E-state index contributed by atoms with van der Waals surface area (Å²) in [6.07, 6.45) is 0. The van der Waals surface area contributed by atoms with Crippen molar-refractivity contribution in [3.8, 4) is 0 Å². The Kier molecular flexibility index (Phi) is 4.12. The molecule has 1 aromatic carbocycles. The van der Waals surface area contributed by atoms with Crippen LogP contribution in [0.25, 0.3) is 0 Å². The third-order valence-electron chi connectivity index (χ3n) is 1.72. The molecule has 0 fully saturated rings. The number of hydrogen-bond acceptors (Lipinski definition) is 4. The first-order valence-corrected chi connectivity index (χ1v) is 4.52. The number of ether oxygens (including phenoxy) is 1. The largest absolute Gasteiger partial charge is 0.465 e. The van der Waals surface area contributed by atoms with Crippen LogP contribution in [0.1, 0.15) is 15.9 Å². The molecule has 0 aliphatic heterocycles. The van der Waals surface area contributed by atoms with Gasteiger partial charge in [-0.1, -0.05) is 28.9 Å². The minimum Gasteiger partial charge on any atom is -0.465 e. The van der Waals surface area contributed by atoms with Crippen LogP contribution in [-0.4, -0.2) is 25.4 Å².